The maximum absolute atomic E-state index is 9.03. The Kier molecular flexibility index (Phi) is 9.45. The van der Waals surface area contributed by atoms with Crippen LogP contribution in [0.4, 0.5) is 0 Å². The van der Waals surface area contributed by atoms with Crippen LogP contribution >= 0.6 is 11.5 Å². The normalized spacial score (nSPS) is 15.7. The van der Waals surface area contributed by atoms with Gasteiger partial charge in [-0.05, 0) is 62.8 Å². The standard InChI is InChI=1S/C25H30N4O2S.C2H6/c1-4-16(3)28-25(29-17-9-6-7-10-17)18(5-2)23(26)24-22(15-27-32-24)31-21-12-8-11-20-19(21)13-14-30-20;1-2/h5,8,11-17,26H,4,6-7,9-10H2,1-3H3,(H,28,29);1-2H3/b18-5-,26-23?;. The molecule has 1 unspecified atom stereocenters. The highest BCUT2D eigenvalue weighted by Crippen LogP contribution is 2.34. The molecule has 0 radical (unpaired) electrons. The summed E-state index contributed by atoms with van der Waals surface area (Å²) in [5.41, 5.74) is 1.92. The van der Waals surface area contributed by atoms with Crippen molar-refractivity contribution < 1.29 is 9.15 Å². The minimum atomic E-state index is 0.272. The molecule has 0 bridgehead atoms. The molecule has 1 atom stereocenters. The second kappa shape index (κ2) is 12.5. The van der Waals surface area contributed by atoms with Crippen molar-refractivity contribution in [2.45, 2.75) is 78.8 Å². The van der Waals surface area contributed by atoms with Gasteiger partial charge in [0.2, 0.25) is 0 Å². The lowest BCUT2D eigenvalue weighted by Gasteiger charge is -2.20. The molecule has 0 saturated heterocycles. The number of benzene rings is 1. The van der Waals surface area contributed by atoms with E-state index >= 15 is 0 Å². The number of allylic oxidation sites excluding steroid dienone is 1. The summed E-state index contributed by atoms with van der Waals surface area (Å²) in [6.45, 7) is 10.3. The van der Waals surface area contributed by atoms with Crippen LogP contribution in [0.1, 0.15) is 71.6 Å². The summed E-state index contributed by atoms with van der Waals surface area (Å²) in [4.78, 5) is 5.72. The molecule has 182 valence electrons. The molecule has 4 rings (SSSR count). The Labute approximate surface area is 206 Å². The van der Waals surface area contributed by atoms with Crippen molar-refractivity contribution in [2.24, 2.45) is 4.99 Å². The van der Waals surface area contributed by atoms with Gasteiger partial charge in [0.05, 0.1) is 29.6 Å². The van der Waals surface area contributed by atoms with Crippen LogP contribution in [0.3, 0.4) is 0 Å². The fourth-order valence-corrected chi connectivity index (χ4v) is 4.54. The van der Waals surface area contributed by atoms with Gasteiger partial charge in [-0.25, -0.2) is 0 Å². The molecular formula is C27H36N4O2S. The molecule has 7 heteroatoms. The third kappa shape index (κ3) is 5.95. The molecule has 6 nitrogen and oxygen atoms in total. The van der Waals surface area contributed by atoms with Gasteiger partial charge in [0.25, 0.3) is 0 Å². The van der Waals surface area contributed by atoms with E-state index in [2.05, 4.69) is 23.5 Å². The van der Waals surface area contributed by atoms with Gasteiger partial charge in [-0.1, -0.05) is 45.8 Å². The Morgan fingerprint density at radius 1 is 1.29 bits per heavy atom. The molecule has 1 saturated carbocycles. The van der Waals surface area contributed by atoms with Gasteiger partial charge >= 0.3 is 0 Å². The van der Waals surface area contributed by atoms with E-state index in [0.717, 1.165) is 41.6 Å². The number of furan rings is 1. The van der Waals surface area contributed by atoms with Crippen molar-refractivity contribution in [1.29, 1.82) is 5.41 Å². The van der Waals surface area contributed by atoms with Crippen LogP contribution < -0.4 is 10.1 Å². The van der Waals surface area contributed by atoms with Gasteiger partial charge in [0.15, 0.2) is 5.75 Å². The highest BCUT2D eigenvalue weighted by Gasteiger charge is 2.23. The van der Waals surface area contributed by atoms with Crippen LogP contribution in [0.2, 0.25) is 0 Å². The van der Waals surface area contributed by atoms with Crippen LogP contribution in [-0.4, -0.2) is 28.0 Å². The molecule has 2 N–H and O–H groups in total. The SMILES string of the molecule is C/C=C(/C(=N)c1sncc1Oc1cccc2occc12)C(=NC1CCCC1)NC(C)CC.CC. The fourth-order valence-electron chi connectivity index (χ4n) is 3.90. The maximum Gasteiger partial charge on any atom is 0.167 e. The minimum absolute atomic E-state index is 0.272. The average Bonchev–Trinajstić information content (AvgIpc) is 3.63. The number of fused-ring (bicyclic) bond motifs is 1. The zero-order chi connectivity index (χ0) is 24.5. The van der Waals surface area contributed by atoms with Gasteiger partial charge in [-0.2, -0.15) is 4.37 Å². The number of hydrogen-bond acceptors (Lipinski definition) is 6. The first-order valence-electron chi connectivity index (χ1n) is 12.3. The summed E-state index contributed by atoms with van der Waals surface area (Å²) in [6, 6.07) is 8.17. The Bertz CT molecular complexity index is 1140. The van der Waals surface area contributed by atoms with E-state index in [-0.39, 0.29) is 6.04 Å². The molecule has 0 amide bonds. The van der Waals surface area contributed by atoms with E-state index in [0.29, 0.717) is 28.1 Å². The van der Waals surface area contributed by atoms with Gasteiger partial charge in [0, 0.05) is 11.6 Å². The maximum atomic E-state index is 9.03. The second-order valence-electron chi connectivity index (χ2n) is 8.16. The average molecular weight is 481 g/mol. The highest BCUT2D eigenvalue weighted by molar-refractivity contribution is 7.08. The van der Waals surface area contributed by atoms with Crippen molar-refractivity contribution >= 4 is 34.0 Å². The quantitative estimate of drug-likeness (QED) is 0.255. The number of aliphatic imine (C=N–C) groups is 1. The Morgan fingerprint density at radius 2 is 2.06 bits per heavy atom. The third-order valence-electron chi connectivity index (χ3n) is 5.89. The van der Waals surface area contributed by atoms with Gasteiger partial charge in [0.1, 0.15) is 22.0 Å². The number of nitrogens with one attached hydrogen (secondary N) is 2. The molecule has 2 heterocycles. The minimum Gasteiger partial charge on any atom is -0.464 e. The van der Waals surface area contributed by atoms with Crippen LogP contribution in [0, 0.1) is 5.41 Å². The molecule has 2 aromatic heterocycles. The molecule has 1 aliphatic rings. The molecule has 1 aliphatic carbocycles. The number of amidine groups is 1. The van der Waals surface area contributed by atoms with Gasteiger partial charge in [-0.3, -0.25) is 10.4 Å². The Morgan fingerprint density at radius 3 is 2.76 bits per heavy atom. The predicted molar refractivity (Wildman–Crippen MR) is 143 cm³/mol. The van der Waals surface area contributed by atoms with Crippen molar-refractivity contribution in [3.8, 4) is 11.5 Å². The van der Waals surface area contributed by atoms with Crippen LogP contribution in [0.25, 0.3) is 11.0 Å². The van der Waals surface area contributed by atoms with Crippen molar-refractivity contribution in [3.05, 3.63) is 53.3 Å². The number of nitrogens with zero attached hydrogens (tertiary/aromatic N) is 2. The van der Waals surface area contributed by atoms with Crippen LogP contribution in [0.15, 0.2) is 57.8 Å². The molecule has 1 aromatic carbocycles. The molecule has 0 aliphatic heterocycles. The lowest BCUT2D eigenvalue weighted by molar-refractivity contribution is 0.488. The molecular weight excluding hydrogens is 444 g/mol. The largest absolute Gasteiger partial charge is 0.464 e. The van der Waals surface area contributed by atoms with Crippen LogP contribution in [0.5, 0.6) is 11.5 Å². The summed E-state index contributed by atoms with van der Waals surface area (Å²) < 4.78 is 16.0. The summed E-state index contributed by atoms with van der Waals surface area (Å²) in [5, 5.41) is 13.5. The summed E-state index contributed by atoms with van der Waals surface area (Å²) in [5.74, 6) is 2.05. The van der Waals surface area contributed by atoms with Gasteiger partial charge in [-0.15, -0.1) is 0 Å². The summed E-state index contributed by atoms with van der Waals surface area (Å²) in [7, 11) is 0. The first-order valence-corrected chi connectivity index (χ1v) is 13.1. The van der Waals surface area contributed by atoms with E-state index in [1.807, 2.05) is 51.1 Å². The third-order valence-corrected chi connectivity index (χ3v) is 6.68. The van der Waals surface area contributed by atoms with Crippen molar-refractivity contribution in [3.63, 3.8) is 0 Å². The molecule has 34 heavy (non-hydrogen) atoms. The smallest absolute Gasteiger partial charge is 0.167 e. The predicted octanol–water partition coefficient (Wildman–Crippen LogP) is 7.75. The number of hydrogen-bond donors (Lipinski definition) is 2. The fraction of sp³-hybridized carbons (Fsp3) is 0.444. The first kappa shape index (κ1) is 25.7. The highest BCUT2D eigenvalue weighted by atomic mass is 32.1. The number of ether oxygens (including phenoxy) is 1. The molecule has 0 spiro atoms. The summed E-state index contributed by atoms with van der Waals surface area (Å²) in [6.07, 6.45) is 10.9. The Balaban J connectivity index is 0.00000158. The van der Waals surface area contributed by atoms with E-state index in [1.54, 1.807) is 12.5 Å². The first-order chi connectivity index (χ1) is 16.6. The second-order valence-corrected chi connectivity index (χ2v) is 8.96. The summed E-state index contributed by atoms with van der Waals surface area (Å²) >= 11 is 1.27. The monoisotopic (exact) mass is 480 g/mol. The zero-order valence-electron chi connectivity index (χ0n) is 20.9. The van der Waals surface area contributed by atoms with Gasteiger partial charge < -0.3 is 14.5 Å². The van der Waals surface area contributed by atoms with E-state index in [9.17, 15) is 0 Å². The molecule has 1 fully saturated rings. The lowest BCUT2D eigenvalue weighted by Crippen LogP contribution is -2.36. The number of aromatic nitrogens is 1. The van der Waals surface area contributed by atoms with Crippen molar-refractivity contribution in [1.82, 2.24) is 9.69 Å². The van der Waals surface area contributed by atoms with Crippen LogP contribution in [-0.2, 0) is 0 Å². The van der Waals surface area contributed by atoms with E-state index in [1.165, 1.54) is 24.4 Å². The van der Waals surface area contributed by atoms with Crippen molar-refractivity contribution in [2.75, 3.05) is 0 Å². The van der Waals surface area contributed by atoms with E-state index in [4.69, 9.17) is 19.6 Å². The lowest BCUT2D eigenvalue weighted by atomic mass is 10.1. The zero-order valence-corrected chi connectivity index (χ0v) is 21.7. The molecule has 3 aromatic rings. The number of rotatable bonds is 8. The Hall–Kier alpha value is -2.93. The topological polar surface area (TPSA) is 83.5 Å². The van der Waals surface area contributed by atoms with E-state index < -0.39 is 0 Å².